The van der Waals surface area contributed by atoms with Crippen LogP contribution in [0, 0.1) is 6.92 Å². The Bertz CT molecular complexity index is 1350. The number of aliphatic imine (C=N–C) groups is 1. The lowest BCUT2D eigenvalue weighted by atomic mass is 10.1. The Labute approximate surface area is 215 Å². The van der Waals surface area contributed by atoms with Crippen molar-refractivity contribution in [2.24, 2.45) is 4.99 Å². The van der Waals surface area contributed by atoms with E-state index in [4.69, 9.17) is 9.15 Å². The zero-order chi connectivity index (χ0) is 25.8. The van der Waals surface area contributed by atoms with Gasteiger partial charge in [0.25, 0.3) is 0 Å². The second kappa shape index (κ2) is 10.9. The summed E-state index contributed by atoms with van der Waals surface area (Å²) < 4.78 is 11.2. The maximum absolute atomic E-state index is 12.7. The van der Waals surface area contributed by atoms with E-state index in [1.807, 2.05) is 37.3 Å². The number of ether oxygens (including phenoxy) is 1. The number of carbonyl (C=O) groups is 1. The van der Waals surface area contributed by atoms with Crippen molar-refractivity contribution < 1.29 is 19.1 Å². The first kappa shape index (κ1) is 24.6. The van der Waals surface area contributed by atoms with Gasteiger partial charge in [-0.3, -0.25) is 0 Å². The van der Waals surface area contributed by atoms with Crippen molar-refractivity contribution in [3.05, 3.63) is 59.0 Å². The molecule has 1 aromatic carbocycles. The molecule has 0 saturated carbocycles. The predicted molar refractivity (Wildman–Crippen MR) is 145 cm³/mol. The van der Waals surface area contributed by atoms with Crippen LogP contribution in [0.1, 0.15) is 47.0 Å². The van der Waals surface area contributed by atoms with E-state index < -0.39 is 5.97 Å². The Hall–Kier alpha value is -4.11. The van der Waals surface area contributed by atoms with Gasteiger partial charge in [0.05, 0.1) is 6.61 Å². The molecular formula is C28H31N5O4. The molecule has 1 fully saturated rings. The Kier molecular flexibility index (Phi) is 7.23. The summed E-state index contributed by atoms with van der Waals surface area (Å²) in [5.41, 5.74) is 4.21. The topological polar surface area (TPSA) is 112 Å². The van der Waals surface area contributed by atoms with E-state index in [9.17, 15) is 9.90 Å². The monoisotopic (exact) mass is 501 g/mol. The number of hydrogen-bond acceptors (Lipinski definition) is 9. The number of pyridine rings is 1. The molecule has 9 nitrogen and oxygen atoms in total. The van der Waals surface area contributed by atoms with Gasteiger partial charge in [0, 0.05) is 48.0 Å². The molecule has 9 heteroatoms. The van der Waals surface area contributed by atoms with E-state index in [0.29, 0.717) is 5.82 Å². The maximum atomic E-state index is 12.7. The molecule has 2 aliphatic heterocycles. The van der Waals surface area contributed by atoms with Gasteiger partial charge in [-0.1, -0.05) is 0 Å². The number of nitrogens with zero attached hydrogens (tertiary/aromatic N) is 3. The number of anilines is 3. The molecule has 0 atom stereocenters. The van der Waals surface area contributed by atoms with Gasteiger partial charge >= 0.3 is 5.97 Å². The highest BCUT2D eigenvalue weighted by Crippen LogP contribution is 2.40. The Morgan fingerprint density at radius 1 is 1.27 bits per heavy atom. The normalized spacial score (nSPS) is 15.8. The van der Waals surface area contributed by atoms with Gasteiger partial charge < -0.3 is 29.8 Å². The molecular weight excluding hydrogens is 470 g/mol. The van der Waals surface area contributed by atoms with Crippen LogP contribution in [0.3, 0.4) is 0 Å². The molecule has 0 unspecified atom stereocenters. The summed E-state index contributed by atoms with van der Waals surface area (Å²) in [7, 11) is 0. The number of rotatable bonds is 9. The van der Waals surface area contributed by atoms with Crippen LogP contribution in [0.2, 0.25) is 0 Å². The minimum Gasteiger partial charge on any atom is -0.504 e. The SMILES string of the molecule is CCOC(=O)c1c(Nc2ccc(NCCN3CCCC3)cc2C)oc(C=C2C=Nc3ncccc32)c1O. The fourth-order valence-electron chi connectivity index (χ4n) is 4.60. The lowest BCUT2D eigenvalue weighted by Crippen LogP contribution is -2.25. The first-order chi connectivity index (χ1) is 18.0. The molecule has 2 aromatic heterocycles. The molecule has 2 aliphatic rings. The van der Waals surface area contributed by atoms with Crippen LogP contribution in [0.25, 0.3) is 11.6 Å². The van der Waals surface area contributed by atoms with Crippen molar-refractivity contribution in [3.8, 4) is 5.75 Å². The summed E-state index contributed by atoms with van der Waals surface area (Å²) in [4.78, 5) is 23.7. The third kappa shape index (κ3) is 5.36. The van der Waals surface area contributed by atoms with Crippen molar-refractivity contribution in [1.82, 2.24) is 9.88 Å². The highest BCUT2D eigenvalue weighted by atomic mass is 16.5. The zero-order valence-corrected chi connectivity index (χ0v) is 21.1. The largest absolute Gasteiger partial charge is 0.504 e. The van der Waals surface area contributed by atoms with Crippen LogP contribution in [-0.2, 0) is 4.74 Å². The Morgan fingerprint density at radius 2 is 2.11 bits per heavy atom. The van der Waals surface area contributed by atoms with Crippen molar-refractivity contribution in [2.75, 3.05) is 43.4 Å². The van der Waals surface area contributed by atoms with Gasteiger partial charge in [-0.25, -0.2) is 14.8 Å². The van der Waals surface area contributed by atoms with Crippen LogP contribution in [0.15, 0.2) is 45.9 Å². The summed E-state index contributed by atoms with van der Waals surface area (Å²) in [5, 5.41) is 17.6. The van der Waals surface area contributed by atoms with Crippen molar-refractivity contribution in [3.63, 3.8) is 0 Å². The molecule has 3 aromatic rings. The number of benzene rings is 1. The molecule has 0 radical (unpaired) electrons. The van der Waals surface area contributed by atoms with E-state index in [-0.39, 0.29) is 29.6 Å². The number of allylic oxidation sites excluding steroid dienone is 1. The molecule has 0 amide bonds. The summed E-state index contributed by atoms with van der Waals surface area (Å²) in [6.45, 7) is 8.12. The number of nitrogens with one attached hydrogen (secondary N) is 2. The van der Waals surface area contributed by atoms with Crippen molar-refractivity contribution in [1.29, 1.82) is 0 Å². The van der Waals surface area contributed by atoms with Crippen molar-refractivity contribution >= 4 is 46.9 Å². The second-order valence-corrected chi connectivity index (χ2v) is 9.10. The predicted octanol–water partition coefficient (Wildman–Crippen LogP) is 5.37. The van der Waals surface area contributed by atoms with Gasteiger partial charge in [-0.15, -0.1) is 0 Å². The number of furan rings is 1. The van der Waals surface area contributed by atoms with E-state index in [1.165, 1.54) is 25.9 Å². The number of aromatic nitrogens is 1. The second-order valence-electron chi connectivity index (χ2n) is 9.10. The number of esters is 1. The third-order valence-electron chi connectivity index (χ3n) is 6.53. The molecule has 0 aliphatic carbocycles. The smallest absolute Gasteiger partial charge is 0.347 e. The molecule has 4 heterocycles. The number of aryl methyl sites for hydroxylation is 1. The third-order valence-corrected chi connectivity index (χ3v) is 6.53. The number of carbonyl (C=O) groups excluding carboxylic acids is 1. The fourth-order valence-corrected chi connectivity index (χ4v) is 4.60. The maximum Gasteiger partial charge on any atom is 0.347 e. The van der Waals surface area contributed by atoms with Crippen LogP contribution in [-0.4, -0.2) is 60.0 Å². The molecule has 37 heavy (non-hydrogen) atoms. The summed E-state index contributed by atoms with van der Waals surface area (Å²) in [5.74, 6) is -0.134. The lowest BCUT2D eigenvalue weighted by molar-refractivity contribution is 0.0524. The van der Waals surface area contributed by atoms with Crippen LogP contribution >= 0.6 is 0 Å². The number of fused-ring (bicyclic) bond motifs is 1. The standard InChI is InChI=1S/C28H31N5O4/c1-3-36-28(35)24-25(34)23(16-19-17-31-26-21(19)7-6-10-30-26)37-27(24)32-22-9-8-20(15-18(22)2)29-11-14-33-12-4-5-13-33/h6-10,15-17,29,32,34H,3-5,11-14H2,1-2H3. The summed E-state index contributed by atoms with van der Waals surface area (Å²) in [6.07, 6.45) is 7.52. The van der Waals surface area contributed by atoms with Gasteiger partial charge in [-0.05, 0) is 81.7 Å². The number of aromatic hydroxyl groups is 1. The van der Waals surface area contributed by atoms with Gasteiger partial charge in [0.15, 0.2) is 22.9 Å². The Morgan fingerprint density at radius 3 is 2.89 bits per heavy atom. The minimum absolute atomic E-state index is 0.0535. The van der Waals surface area contributed by atoms with E-state index in [1.54, 1.807) is 25.4 Å². The van der Waals surface area contributed by atoms with Crippen LogP contribution in [0.5, 0.6) is 5.75 Å². The molecule has 5 rings (SSSR count). The summed E-state index contributed by atoms with van der Waals surface area (Å²) >= 11 is 0. The van der Waals surface area contributed by atoms with Crippen LogP contribution < -0.4 is 10.6 Å². The highest BCUT2D eigenvalue weighted by Gasteiger charge is 2.27. The van der Waals surface area contributed by atoms with Gasteiger partial charge in [0.1, 0.15) is 0 Å². The average Bonchev–Trinajstić information content (AvgIpc) is 3.62. The Balaban J connectivity index is 1.38. The molecule has 0 bridgehead atoms. The van der Waals surface area contributed by atoms with E-state index in [2.05, 4.69) is 25.5 Å². The van der Waals surface area contributed by atoms with Crippen molar-refractivity contribution in [2.45, 2.75) is 26.7 Å². The van der Waals surface area contributed by atoms with Gasteiger partial charge in [-0.2, -0.15) is 0 Å². The average molecular weight is 502 g/mol. The number of hydrogen-bond donors (Lipinski definition) is 3. The zero-order valence-electron chi connectivity index (χ0n) is 21.1. The minimum atomic E-state index is -0.670. The fraction of sp³-hybridized carbons (Fsp3) is 0.321. The molecule has 1 saturated heterocycles. The van der Waals surface area contributed by atoms with E-state index >= 15 is 0 Å². The van der Waals surface area contributed by atoms with Crippen LogP contribution in [0.4, 0.5) is 23.1 Å². The molecule has 3 N–H and O–H groups in total. The summed E-state index contributed by atoms with van der Waals surface area (Å²) in [6, 6.07) is 9.64. The first-order valence-corrected chi connectivity index (χ1v) is 12.6. The molecule has 192 valence electrons. The molecule has 0 spiro atoms. The lowest BCUT2D eigenvalue weighted by Gasteiger charge is -2.16. The first-order valence-electron chi connectivity index (χ1n) is 12.6. The van der Waals surface area contributed by atoms with E-state index in [0.717, 1.165) is 41.2 Å². The quantitative estimate of drug-likeness (QED) is 0.335. The highest BCUT2D eigenvalue weighted by molar-refractivity contribution is 6.21. The number of likely N-dealkylation sites (tertiary alicyclic amines) is 1. The van der Waals surface area contributed by atoms with Gasteiger partial charge in [0.2, 0.25) is 5.88 Å².